The average molecular weight is 317 g/mol. The van der Waals surface area contributed by atoms with Gasteiger partial charge in [0.05, 0.1) is 5.56 Å². The number of alkyl halides is 3. The Bertz CT molecular complexity index is 522. The summed E-state index contributed by atoms with van der Waals surface area (Å²) in [5.41, 5.74) is -0.653. The van der Waals surface area contributed by atoms with Gasteiger partial charge in [-0.3, -0.25) is 0 Å². The van der Waals surface area contributed by atoms with Gasteiger partial charge >= 0.3 is 12.3 Å². The Morgan fingerprint density at radius 3 is 2.82 bits per heavy atom. The van der Waals surface area contributed by atoms with Crippen molar-refractivity contribution in [3.8, 4) is 0 Å². The summed E-state index contributed by atoms with van der Waals surface area (Å²) >= 11 is 0. The molecular formula is C14H18F3N3O2. The number of nitrogens with zero attached hydrogens (tertiary/aromatic N) is 1. The number of carbonyl (C=O) groups is 1. The van der Waals surface area contributed by atoms with Gasteiger partial charge in [0.25, 0.3) is 0 Å². The molecule has 1 fully saturated rings. The lowest BCUT2D eigenvalue weighted by Gasteiger charge is -2.32. The monoisotopic (exact) mass is 317 g/mol. The Balaban J connectivity index is 1.88. The molecule has 1 atom stereocenters. The van der Waals surface area contributed by atoms with Gasteiger partial charge in [-0.2, -0.15) is 13.2 Å². The number of nitrogens with one attached hydrogen (secondary N) is 2. The maximum atomic E-state index is 12.8. The fourth-order valence-corrected chi connectivity index (χ4v) is 2.46. The van der Waals surface area contributed by atoms with Crippen molar-refractivity contribution in [2.45, 2.75) is 18.6 Å². The van der Waals surface area contributed by atoms with Crippen molar-refractivity contribution in [2.24, 2.45) is 0 Å². The highest BCUT2D eigenvalue weighted by Crippen LogP contribution is 2.34. The van der Waals surface area contributed by atoms with Crippen molar-refractivity contribution in [2.75, 3.05) is 31.5 Å². The number of para-hydroxylation sites is 1. The molecule has 0 bridgehead atoms. The summed E-state index contributed by atoms with van der Waals surface area (Å²) in [6.07, 6.45) is -4.83. The molecule has 0 saturated carbocycles. The summed E-state index contributed by atoms with van der Waals surface area (Å²) in [6, 6.07) is 5.26. The zero-order chi connectivity index (χ0) is 16.2. The van der Waals surface area contributed by atoms with Gasteiger partial charge in [-0.05, 0) is 18.6 Å². The summed E-state index contributed by atoms with van der Waals surface area (Å²) in [4.78, 5) is 12.2. The highest BCUT2D eigenvalue weighted by atomic mass is 19.4. The molecule has 0 radical (unpaired) electrons. The number of hydrogen-bond donors (Lipinski definition) is 3. The molecule has 0 spiro atoms. The molecule has 5 nitrogen and oxygen atoms in total. The van der Waals surface area contributed by atoms with E-state index >= 15 is 0 Å². The first-order valence-corrected chi connectivity index (χ1v) is 6.99. The van der Waals surface area contributed by atoms with E-state index in [1.54, 1.807) is 6.07 Å². The molecule has 122 valence electrons. The second-order valence-electron chi connectivity index (χ2n) is 5.14. The molecule has 1 heterocycles. The number of benzene rings is 1. The van der Waals surface area contributed by atoms with Crippen LogP contribution in [0.3, 0.4) is 0 Å². The normalized spacial score (nSPS) is 19.0. The third-order valence-corrected chi connectivity index (χ3v) is 3.57. The summed E-state index contributed by atoms with van der Waals surface area (Å²) in [5, 5.41) is 14.9. The van der Waals surface area contributed by atoms with Gasteiger partial charge in [-0.15, -0.1) is 0 Å². The lowest BCUT2D eigenvalue weighted by molar-refractivity contribution is -0.136. The molecule has 0 unspecified atom stereocenters. The number of amides is 1. The van der Waals surface area contributed by atoms with Crippen LogP contribution in [0.4, 0.5) is 23.7 Å². The molecule has 0 aromatic heterocycles. The van der Waals surface area contributed by atoms with Gasteiger partial charge in [0.15, 0.2) is 0 Å². The number of carboxylic acid groups (broad SMARTS) is 1. The number of halogens is 3. The molecule has 0 aliphatic carbocycles. The molecule has 8 heteroatoms. The number of piperazine rings is 1. The second kappa shape index (κ2) is 6.87. The van der Waals surface area contributed by atoms with Crippen LogP contribution < -0.4 is 10.6 Å². The van der Waals surface area contributed by atoms with Gasteiger partial charge in [0.1, 0.15) is 0 Å². The SMILES string of the molecule is O=C(O)N1CCN[C@H](CCNc2ccccc2C(F)(F)F)C1. The first-order valence-electron chi connectivity index (χ1n) is 6.99. The number of rotatable bonds is 4. The fourth-order valence-electron chi connectivity index (χ4n) is 2.46. The summed E-state index contributed by atoms with van der Waals surface area (Å²) in [5.74, 6) is 0. The molecule has 22 heavy (non-hydrogen) atoms. The van der Waals surface area contributed by atoms with E-state index in [0.717, 1.165) is 6.07 Å². The predicted octanol–water partition coefficient (Wildman–Crippen LogP) is 2.46. The molecule has 1 amide bonds. The fraction of sp³-hybridized carbons (Fsp3) is 0.500. The van der Waals surface area contributed by atoms with Gasteiger partial charge in [-0.1, -0.05) is 12.1 Å². The van der Waals surface area contributed by atoms with Crippen molar-refractivity contribution in [1.29, 1.82) is 0 Å². The van der Waals surface area contributed by atoms with E-state index in [9.17, 15) is 18.0 Å². The lowest BCUT2D eigenvalue weighted by Crippen LogP contribution is -2.52. The maximum absolute atomic E-state index is 12.8. The molecule has 1 aliphatic heterocycles. The van der Waals surface area contributed by atoms with Crippen molar-refractivity contribution in [3.63, 3.8) is 0 Å². The van der Waals surface area contributed by atoms with Gasteiger partial charge in [-0.25, -0.2) is 4.79 Å². The molecule has 3 N–H and O–H groups in total. The Labute approximate surface area is 126 Å². The Hall–Kier alpha value is -1.96. The minimum atomic E-state index is -4.40. The first-order chi connectivity index (χ1) is 10.4. The quantitative estimate of drug-likeness (QED) is 0.798. The van der Waals surface area contributed by atoms with Crippen molar-refractivity contribution in [3.05, 3.63) is 29.8 Å². The number of anilines is 1. The highest BCUT2D eigenvalue weighted by Gasteiger charge is 2.33. The first kappa shape index (κ1) is 16.4. The van der Waals surface area contributed by atoms with E-state index in [0.29, 0.717) is 32.6 Å². The lowest BCUT2D eigenvalue weighted by atomic mass is 10.1. The van der Waals surface area contributed by atoms with Crippen LogP contribution in [-0.4, -0.2) is 48.3 Å². The maximum Gasteiger partial charge on any atom is 0.418 e. The largest absolute Gasteiger partial charge is 0.465 e. The van der Waals surface area contributed by atoms with E-state index in [-0.39, 0.29) is 11.7 Å². The van der Waals surface area contributed by atoms with Gasteiger partial charge < -0.3 is 20.6 Å². The standard InChI is InChI=1S/C14H18F3N3O2/c15-14(16,17)11-3-1-2-4-12(11)19-6-5-10-9-20(13(21)22)8-7-18-10/h1-4,10,18-19H,5-9H2,(H,21,22)/t10-/m1/s1. The van der Waals surface area contributed by atoms with Crippen LogP contribution in [0.2, 0.25) is 0 Å². The van der Waals surface area contributed by atoms with E-state index in [1.165, 1.54) is 17.0 Å². The smallest absolute Gasteiger partial charge is 0.418 e. The summed E-state index contributed by atoms with van der Waals surface area (Å²) in [7, 11) is 0. The Morgan fingerprint density at radius 2 is 2.14 bits per heavy atom. The Morgan fingerprint density at radius 1 is 1.41 bits per heavy atom. The van der Waals surface area contributed by atoms with E-state index in [4.69, 9.17) is 5.11 Å². The van der Waals surface area contributed by atoms with Crippen LogP contribution >= 0.6 is 0 Å². The topological polar surface area (TPSA) is 64.6 Å². The minimum Gasteiger partial charge on any atom is -0.465 e. The van der Waals surface area contributed by atoms with Crippen LogP contribution in [0.15, 0.2) is 24.3 Å². The minimum absolute atomic E-state index is 0.0425. The predicted molar refractivity (Wildman–Crippen MR) is 75.9 cm³/mol. The highest BCUT2D eigenvalue weighted by molar-refractivity contribution is 5.65. The molecular weight excluding hydrogens is 299 g/mol. The van der Waals surface area contributed by atoms with Crippen LogP contribution in [0, 0.1) is 0 Å². The van der Waals surface area contributed by atoms with E-state index < -0.39 is 17.8 Å². The van der Waals surface area contributed by atoms with Crippen LogP contribution in [0.1, 0.15) is 12.0 Å². The van der Waals surface area contributed by atoms with Crippen molar-refractivity contribution >= 4 is 11.8 Å². The average Bonchev–Trinajstić information content (AvgIpc) is 2.47. The van der Waals surface area contributed by atoms with Gasteiger partial charge in [0.2, 0.25) is 0 Å². The van der Waals surface area contributed by atoms with Gasteiger partial charge in [0, 0.05) is 37.9 Å². The van der Waals surface area contributed by atoms with Crippen LogP contribution in [0.5, 0.6) is 0 Å². The van der Waals surface area contributed by atoms with Crippen molar-refractivity contribution < 1.29 is 23.1 Å². The molecule has 2 rings (SSSR count). The number of hydrogen-bond acceptors (Lipinski definition) is 3. The Kier molecular flexibility index (Phi) is 5.12. The third-order valence-electron chi connectivity index (χ3n) is 3.57. The van der Waals surface area contributed by atoms with Crippen LogP contribution in [-0.2, 0) is 6.18 Å². The summed E-state index contributed by atoms with van der Waals surface area (Å²) < 4.78 is 38.5. The third kappa shape index (κ3) is 4.27. The zero-order valence-corrected chi connectivity index (χ0v) is 11.9. The molecule has 1 aliphatic rings. The second-order valence-corrected chi connectivity index (χ2v) is 5.14. The molecule has 1 aromatic rings. The van der Waals surface area contributed by atoms with E-state index in [2.05, 4.69) is 10.6 Å². The molecule has 1 aromatic carbocycles. The van der Waals surface area contributed by atoms with Crippen molar-refractivity contribution in [1.82, 2.24) is 10.2 Å². The molecule has 1 saturated heterocycles. The zero-order valence-electron chi connectivity index (χ0n) is 11.9. The summed E-state index contributed by atoms with van der Waals surface area (Å²) in [6.45, 7) is 1.66. The van der Waals surface area contributed by atoms with Crippen LogP contribution in [0.25, 0.3) is 0 Å². The van der Waals surface area contributed by atoms with E-state index in [1.807, 2.05) is 0 Å².